The Kier molecular flexibility index (Phi) is 5.45. The van der Waals surface area contributed by atoms with Crippen molar-refractivity contribution in [1.82, 2.24) is 5.32 Å². The molecule has 1 aromatic heterocycles. The van der Waals surface area contributed by atoms with E-state index in [1.54, 1.807) is 17.4 Å². The van der Waals surface area contributed by atoms with Gasteiger partial charge in [-0.2, -0.15) is 0 Å². The van der Waals surface area contributed by atoms with Gasteiger partial charge in [0.1, 0.15) is 11.9 Å². The quantitative estimate of drug-likeness (QED) is 0.796. The van der Waals surface area contributed by atoms with Gasteiger partial charge in [0.25, 0.3) is 0 Å². The molecule has 144 valence electrons. The molecular weight excluding hydrogens is 361 g/mol. The van der Waals surface area contributed by atoms with E-state index in [0.29, 0.717) is 5.69 Å². The average Bonchev–Trinajstić information content (AvgIpc) is 3.40. The second-order valence-electron chi connectivity index (χ2n) is 7.66. The lowest BCUT2D eigenvalue weighted by molar-refractivity contribution is -0.933. The summed E-state index contributed by atoms with van der Waals surface area (Å²) in [6.07, 6.45) is 2.05. The van der Waals surface area contributed by atoms with Crippen molar-refractivity contribution in [2.24, 2.45) is 5.92 Å². The molecule has 27 heavy (non-hydrogen) atoms. The monoisotopic (exact) mass is 388 g/mol. The fourth-order valence-corrected chi connectivity index (χ4v) is 5.08. The van der Waals surface area contributed by atoms with Gasteiger partial charge in [0.05, 0.1) is 42.8 Å². The van der Waals surface area contributed by atoms with Gasteiger partial charge in [-0.15, -0.1) is 11.3 Å². The smallest absolute Gasteiger partial charge is 0.223 e. The average molecular weight is 389 g/mol. The fourth-order valence-electron chi connectivity index (χ4n) is 4.09. The number of quaternary nitrogens is 1. The first-order valence-electron chi connectivity index (χ1n) is 9.81. The van der Waals surface area contributed by atoms with Crippen molar-refractivity contribution < 1.29 is 14.1 Å². The van der Waals surface area contributed by atoms with Crippen molar-refractivity contribution in [2.75, 3.05) is 31.1 Å². The van der Waals surface area contributed by atoms with Crippen LogP contribution in [-0.4, -0.2) is 38.1 Å². The van der Waals surface area contributed by atoms with Gasteiger partial charge in [0.2, 0.25) is 5.91 Å². The largest absolute Gasteiger partial charge is 0.358 e. The van der Waals surface area contributed by atoms with E-state index in [2.05, 4.69) is 34.7 Å². The number of nitrogens with one attached hydrogen (secondary N) is 2. The molecule has 0 spiro atoms. The van der Waals surface area contributed by atoms with Crippen LogP contribution in [-0.2, 0) is 4.79 Å². The van der Waals surface area contributed by atoms with E-state index in [1.807, 2.05) is 12.1 Å². The van der Waals surface area contributed by atoms with Crippen molar-refractivity contribution in [2.45, 2.75) is 31.8 Å². The molecule has 2 aliphatic rings. The van der Waals surface area contributed by atoms with Crippen LogP contribution in [0.25, 0.3) is 0 Å². The predicted octanol–water partition coefficient (Wildman–Crippen LogP) is 2.25. The summed E-state index contributed by atoms with van der Waals surface area (Å²) >= 11 is 1.76. The molecule has 1 saturated heterocycles. The Morgan fingerprint density at radius 1 is 1.22 bits per heavy atom. The van der Waals surface area contributed by atoms with Crippen LogP contribution in [0.1, 0.15) is 30.7 Å². The standard InChI is InChI=1S/C21H26FN3OS/c1-15(23-21(26)16-8-9-16)20(19-7-4-14-27-19)25-12-10-24(11-13-25)18-6-3-2-5-17(18)22/h2-7,14-16,20H,8-13H2,1H3,(H,23,26)/p+1/t15-,20-/m1/s1. The summed E-state index contributed by atoms with van der Waals surface area (Å²) in [5, 5.41) is 5.36. The number of rotatable bonds is 6. The van der Waals surface area contributed by atoms with Gasteiger partial charge in [-0.1, -0.05) is 18.2 Å². The van der Waals surface area contributed by atoms with E-state index < -0.39 is 0 Å². The summed E-state index contributed by atoms with van der Waals surface area (Å²) < 4.78 is 14.1. The van der Waals surface area contributed by atoms with Gasteiger partial charge >= 0.3 is 0 Å². The van der Waals surface area contributed by atoms with Crippen LogP contribution in [0, 0.1) is 11.7 Å². The zero-order valence-corrected chi connectivity index (χ0v) is 16.5. The lowest BCUT2D eigenvalue weighted by Crippen LogP contribution is -3.16. The number of carbonyl (C=O) groups excluding carboxylic acids is 1. The summed E-state index contributed by atoms with van der Waals surface area (Å²) in [4.78, 5) is 17.2. The first-order chi connectivity index (χ1) is 13.1. The highest BCUT2D eigenvalue weighted by atomic mass is 32.1. The molecule has 2 heterocycles. The molecule has 4 nitrogen and oxygen atoms in total. The fraction of sp³-hybridized carbons (Fsp3) is 0.476. The number of piperazine rings is 1. The zero-order valence-electron chi connectivity index (χ0n) is 15.7. The highest BCUT2D eigenvalue weighted by Crippen LogP contribution is 2.29. The molecule has 1 aliphatic carbocycles. The molecule has 1 amide bonds. The van der Waals surface area contributed by atoms with E-state index in [9.17, 15) is 9.18 Å². The minimum atomic E-state index is -0.152. The number of benzene rings is 1. The first-order valence-corrected chi connectivity index (χ1v) is 10.7. The van der Waals surface area contributed by atoms with Gasteiger partial charge in [0, 0.05) is 5.92 Å². The maximum Gasteiger partial charge on any atom is 0.223 e. The number of thiophene rings is 1. The number of nitrogens with zero attached hydrogens (tertiary/aromatic N) is 1. The van der Waals surface area contributed by atoms with Crippen LogP contribution in [0.5, 0.6) is 0 Å². The lowest BCUT2D eigenvalue weighted by atomic mass is 10.0. The van der Waals surface area contributed by atoms with Crippen molar-refractivity contribution in [3.8, 4) is 0 Å². The molecule has 1 saturated carbocycles. The second kappa shape index (κ2) is 7.98. The van der Waals surface area contributed by atoms with Gasteiger partial charge in [-0.25, -0.2) is 4.39 Å². The Morgan fingerprint density at radius 2 is 1.96 bits per heavy atom. The van der Waals surface area contributed by atoms with Crippen molar-refractivity contribution >= 4 is 22.9 Å². The number of amides is 1. The maximum absolute atomic E-state index is 14.1. The molecule has 1 aliphatic heterocycles. The summed E-state index contributed by atoms with van der Waals surface area (Å²) in [5.74, 6) is 0.276. The zero-order chi connectivity index (χ0) is 18.8. The lowest BCUT2D eigenvalue weighted by Gasteiger charge is -2.39. The Bertz CT molecular complexity index is 769. The SMILES string of the molecule is C[C@@H](NC(=O)C1CC1)[C@H](c1cccs1)[NH+]1CCN(c2ccccc2F)CC1. The Labute approximate surface area is 164 Å². The summed E-state index contributed by atoms with van der Waals surface area (Å²) in [6.45, 7) is 5.63. The number of hydrogen-bond acceptors (Lipinski definition) is 3. The Morgan fingerprint density at radius 3 is 2.59 bits per heavy atom. The van der Waals surface area contributed by atoms with Gasteiger partial charge < -0.3 is 15.1 Å². The Hall–Kier alpha value is -1.92. The molecule has 1 aromatic carbocycles. The molecule has 0 bridgehead atoms. The van der Waals surface area contributed by atoms with Crippen LogP contribution in [0.15, 0.2) is 41.8 Å². The number of halogens is 1. The van der Waals surface area contributed by atoms with Crippen LogP contribution < -0.4 is 15.1 Å². The normalized spacial score (nSPS) is 20.3. The summed E-state index contributed by atoms with van der Waals surface area (Å²) in [7, 11) is 0. The van der Waals surface area contributed by atoms with Crippen molar-refractivity contribution in [1.29, 1.82) is 0 Å². The molecule has 2 fully saturated rings. The van der Waals surface area contributed by atoms with E-state index in [1.165, 1.54) is 15.8 Å². The molecule has 0 unspecified atom stereocenters. The highest BCUT2D eigenvalue weighted by Gasteiger charge is 2.37. The summed E-state index contributed by atoms with van der Waals surface area (Å²) in [5.41, 5.74) is 0.694. The predicted molar refractivity (Wildman–Crippen MR) is 107 cm³/mol. The second-order valence-corrected chi connectivity index (χ2v) is 8.64. The third-order valence-corrected chi connectivity index (χ3v) is 6.66. The van der Waals surface area contributed by atoms with E-state index in [0.717, 1.165) is 39.0 Å². The van der Waals surface area contributed by atoms with E-state index >= 15 is 0 Å². The Balaban J connectivity index is 1.45. The highest BCUT2D eigenvalue weighted by molar-refractivity contribution is 7.10. The molecule has 2 N–H and O–H groups in total. The van der Waals surface area contributed by atoms with Gasteiger partial charge in [-0.05, 0) is 43.3 Å². The van der Waals surface area contributed by atoms with Gasteiger partial charge in [0.15, 0.2) is 0 Å². The van der Waals surface area contributed by atoms with Crippen LogP contribution >= 0.6 is 11.3 Å². The number of carbonyl (C=O) groups is 1. The maximum atomic E-state index is 14.1. The molecule has 2 aromatic rings. The number of anilines is 1. The van der Waals surface area contributed by atoms with Crippen LogP contribution in [0.3, 0.4) is 0 Å². The number of hydrogen-bond donors (Lipinski definition) is 2. The number of para-hydroxylation sites is 1. The van der Waals surface area contributed by atoms with Gasteiger partial charge in [-0.3, -0.25) is 4.79 Å². The molecule has 4 rings (SSSR count). The van der Waals surface area contributed by atoms with Crippen molar-refractivity contribution in [3.63, 3.8) is 0 Å². The third kappa shape index (κ3) is 4.17. The van der Waals surface area contributed by atoms with Crippen LogP contribution in [0.2, 0.25) is 0 Å². The summed E-state index contributed by atoms with van der Waals surface area (Å²) in [6, 6.07) is 11.6. The van der Waals surface area contributed by atoms with E-state index in [-0.39, 0.29) is 29.7 Å². The molecule has 2 atom stereocenters. The topological polar surface area (TPSA) is 36.8 Å². The molecular formula is C21H27FN3OS+. The van der Waals surface area contributed by atoms with Crippen LogP contribution in [0.4, 0.5) is 10.1 Å². The minimum Gasteiger partial charge on any atom is -0.358 e. The van der Waals surface area contributed by atoms with Crippen molar-refractivity contribution in [3.05, 3.63) is 52.5 Å². The van der Waals surface area contributed by atoms with E-state index in [4.69, 9.17) is 0 Å². The first kappa shape index (κ1) is 18.4. The molecule has 6 heteroatoms. The third-order valence-electron chi connectivity index (χ3n) is 5.71. The molecule has 0 radical (unpaired) electrons. The minimum absolute atomic E-state index is 0.0896.